The standard InChI is InChI=1S/C16H25FN2O/c1-4-12(2)16(19-9-7-18-8-10-19)14-6-5-13(17)11-15(14)20-3/h5-6,11-12,16,18H,4,7-10H2,1-3H3/t12?,16-/m0/s1. The number of methoxy groups -OCH3 is 1. The summed E-state index contributed by atoms with van der Waals surface area (Å²) in [6, 6.07) is 5.20. The summed E-state index contributed by atoms with van der Waals surface area (Å²) < 4.78 is 18.8. The molecule has 1 aliphatic rings. The maximum atomic E-state index is 13.4. The SMILES string of the molecule is CCC(C)[C@@H](c1ccc(F)cc1OC)N1CCNCC1. The zero-order valence-corrected chi connectivity index (χ0v) is 12.7. The molecule has 1 saturated heterocycles. The molecule has 112 valence electrons. The van der Waals surface area contributed by atoms with Gasteiger partial charge in [0.1, 0.15) is 11.6 Å². The van der Waals surface area contributed by atoms with Crippen molar-refractivity contribution in [2.24, 2.45) is 5.92 Å². The van der Waals surface area contributed by atoms with Gasteiger partial charge < -0.3 is 10.1 Å². The number of hydrogen-bond acceptors (Lipinski definition) is 3. The largest absolute Gasteiger partial charge is 0.496 e. The number of nitrogens with one attached hydrogen (secondary N) is 1. The molecule has 1 aromatic carbocycles. The molecule has 2 atom stereocenters. The fraction of sp³-hybridized carbons (Fsp3) is 0.625. The number of piperazine rings is 1. The van der Waals surface area contributed by atoms with Crippen LogP contribution in [0.3, 0.4) is 0 Å². The summed E-state index contributed by atoms with van der Waals surface area (Å²) in [4.78, 5) is 2.49. The molecule has 0 radical (unpaired) electrons. The van der Waals surface area contributed by atoms with Gasteiger partial charge in [-0.3, -0.25) is 4.90 Å². The Bertz CT molecular complexity index is 432. The van der Waals surface area contributed by atoms with Gasteiger partial charge in [-0.2, -0.15) is 0 Å². The Hall–Kier alpha value is -1.13. The quantitative estimate of drug-likeness (QED) is 0.897. The van der Waals surface area contributed by atoms with Crippen LogP contribution in [-0.4, -0.2) is 38.2 Å². The van der Waals surface area contributed by atoms with Gasteiger partial charge in [0.15, 0.2) is 0 Å². The van der Waals surface area contributed by atoms with E-state index in [0.717, 1.165) is 38.2 Å². The Morgan fingerprint density at radius 1 is 1.35 bits per heavy atom. The van der Waals surface area contributed by atoms with E-state index in [1.54, 1.807) is 7.11 Å². The maximum Gasteiger partial charge on any atom is 0.126 e. The Morgan fingerprint density at radius 2 is 2.05 bits per heavy atom. The minimum Gasteiger partial charge on any atom is -0.496 e. The highest BCUT2D eigenvalue weighted by molar-refractivity contribution is 5.37. The number of rotatable bonds is 5. The number of nitrogens with zero attached hydrogens (tertiary/aromatic N) is 1. The molecule has 0 aliphatic carbocycles. The van der Waals surface area contributed by atoms with Gasteiger partial charge in [0.05, 0.1) is 7.11 Å². The molecular weight excluding hydrogens is 255 g/mol. The van der Waals surface area contributed by atoms with Gasteiger partial charge in [-0.1, -0.05) is 26.3 Å². The summed E-state index contributed by atoms with van der Waals surface area (Å²) in [5.41, 5.74) is 1.10. The predicted octanol–water partition coefficient (Wildman–Crippen LogP) is 2.83. The van der Waals surface area contributed by atoms with Gasteiger partial charge in [0.25, 0.3) is 0 Å². The first kappa shape index (κ1) is 15.3. The number of ether oxygens (including phenoxy) is 1. The molecule has 1 heterocycles. The van der Waals surface area contributed by atoms with E-state index in [2.05, 4.69) is 24.1 Å². The lowest BCUT2D eigenvalue weighted by atomic mass is 9.90. The molecule has 4 heteroatoms. The van der Waals surface area contributed by atoms with Crippen LogP contribution in [-0.2, 0) is 0 Å². The van der Waals surface area contributed by atoms with Crippen molar-refractivity contribution in [3.63, 3.8) is 0 Å². The van der Waals surface area contributed by atoms with Gasteiger partial charge in [-0.25, -0.2) is 4.39 Å². The molecule has 0 saturated carbocycles. The predicted molar refractivity (Wildman–Crippen MR) is 79.6 cm³/mol. The molecule has 0 spiro atoms. The summed E-state index contributed by atoms with van der Waals surface area (Å²) >= 11 is 0. The third-order valence-corrected chi connectivity index (χ3v) is 4.24. The van der Waals surface area contributed by atoms with Crippen molar-refractivity contribution in [3.05, 3.63) is 29.6 Å². The van der Waals surface area contributed by atoms with E-state index < -0.39 is 0 Å². The maximum absolute atomic E-state index is 13.4. The number of hydrogen-bond donors (Lipinski definition) is 1. The Balaban J connectivity index is 2.34. The summed E-state index contributed by atoms with van der Waals surface area (Å²) in [5, 5.41) is 3.38. The van der Waals surface area contributed by atoms with E-state index in [1.165, 1.54) is 12.1 Å². The van der Waals surface area contributed by atoms with Crippen molar-refractivity contribution in [2.45, 2.75) is 26.3 Å². The van der Waals surface area contributed by atoms with Crippen LogP contribution in [0.2, 0.25) is 0 Å². The van der Waals surface area contributed by atoms with E-state index in [0.29, 0.717) is 11.7 Å². The molecule has 1 fully saturated rings. The van der Waals surface area contributed by atoms with Crippen LogP contribution in [0.15, 0.2) is 18.2 Å². The second kappa shape index (κ2) is 7.04. The van der Waals surface area contributed by atoms with Crippen molar-refractivity contribution < 1.29 is 9.13 Å². The van der Waals surface area contributed by atoms with Gasteiger partial charge >= 0.3 is 0 Å². The van der Waals surface area contributed by atoms with E-state index in [1.807, 2.05) is 6.07 Å². The van der Waals surface area contributed by atoms with Crippen LogP contribution in [0.1, 0.15) is 31.9 Å². The summed E-state index contributed by atoms with van der Waals surface area (Å²) in [7, 11) is 1.61. The lowest BCUT2D eigenvalue weighted by Gasteiger charge is -2.39. The van der Waals surface area contributed by atoms with Crippen LogP contribution >= 0.6 is 0 Å². The molecular formula is C16H25FN2O. The van der Waals surface area contributed by atoms with Crippen LogP contribution in [0.4, 0.5) is 4.39 Å². The molecule has 2 rings (SSSR count). The smallest absolute Gasteiger partial charge is 0.126 e. The normalized spacial score (nSPS) is 19.6. The van der Waals surface area contributed by atoms with Crippen molar-refractivity contribution in [1.82, 2.24) is 10.2 Å². The van der Waals surface area contributed by atoms with E-state index in [-0.39, 0.29) is 11.9 Å². The minimum atomic E-state index is -0.242. The molecule has 0 amide bonds. The second-order valence-corrected chi connectivity index (χ2v) is 5.50. The number of halogens is 1. The monoisotopic (exact) mass is 280 g/mol. The fourth-order valence-electron chi connectivity index (χ4n) is 2.98. The fourth-order valence-corrected chi connectivity index (χ4v) is 2.98. The van der Waals surface area contributed by atoms with Gasteiger partial charge in [0.2, 0.25) is 0 Å². The minimum absolute atomic E-state index is 0.242. The van der Waals surface area contributed by atoms with Crippen LogP contribution in [0.25, 0.3) is 0 Å². The van der Waals surface area contributed by atoms with E-state index in [4.69, 9.17) is 4.74 Å². The molecule has 1 unspecified atom stereocenters. The zero-order valence-electron chi connectivity index (χ0n) is 12.7. The zero-order chi connectivity index (χ0) is 14.5. The molecule has 1 aromatic rings. The average Bonchev–Trinajstić information content (AvgIpc) is 2.49. The highest BCUT2D eigenvalue weighted by Crippen LogP contribution is 2.36. The van der Waals surface area contributed by atoms with E-state index in [9.17, 15) is 4.39 Å². The third-order valence-electron chi connectivity index (χ3n) is 4.24. The summed E-state index contributed by atoms with van der Waals surface area (Å²) in [6.07, 6.45) is 1.09. The summed E-state index contributed by atoms with van der Waals surface area (Å²) in [5.74, 6) is 0.926. The molecule has 0 aromatic heterocycles. The second-order valence-electron chi connectivity index (χ2n) is 5.50. The van der Waals surface area contributed by atoms with Crippen LogP contribution < -0.4 is 10.1 Å². The van der Waals surface area contributed by atoms with E-state index >= 15 is 0 Å². The van der Waals surface area contributed by atoms with Crippen molar-refractivity contribution >= 4 is 0 Å². The lowest BCUT2D eigenvalue weighted by molar-refractivity contribution is 0.126. The van der Waals surface area contributed by atoms with Crippen molar-refractivity contribution in [2.75, 3.05) is 33.3 Å². The molecule has 20 heavy (non-hydrogen) atoms. The van der Waals surface area contributed by atoms with Gasteiger partial charge in [-0.15, -0.1) is 0 Å². The molecule has 3 nitrogen and oxygen atoms in total. The van der Waals surface area contributed by atoms with Crippen molar-refractivity contribution in [1.29, 1.82) is 0 Å². The molecule has 1 N–H and O–H groups in total. The Kier molecular flexibility index (Phi) is 5.38. The first-order valence-electron chi connectivity index (χ1n) is 7.45. The molecule has 1 aliphatic heterocycles. The average molecular weight is 280 g/mol. The molecule has 0 bridgehead atoms. The summed E-state index contributed by atoms with van der Waals surface area (Å²) in [6.45, 7) is 8.53. The Morgan fingerprint density at radius 3 is 2.65 bits per heavy atom. The third kappa shape index (κ3) is 3.30. The first-order valence-corrected chi connectivity index (χ1v) is 7.45. The highest BCUT2D eigenvalue weighted by Gasteiger charge is 2.28. The topological polar surface area (TPSA) is 24.5 Å². The van der Waals surface area contributed by atoms with Gasteiger partial charge in [0, 0.05) is 43.9 Å². The van der Waals surface area contributed by atoms with Crippen molar-refractivity contribution in [3.8, 4) is 5.75 Å². The number of benzene rings is 1. The first-order chi connectivity index (χ1) is 9.67. The van der Waals surface area contributed by atoms with Crippen LogP contribution in [0.5, 0.6) is 5.75 Å². The highest BCUT2D eigenvalue weighted by atomic mass is 19.1. The lowest BCUT2D eigenvalue weighted by Crippen LogP contribution is -2.46. The van der Waals surface area contributed by atoms with Gasteiger partial charge in [-0.05, 0) is 12.0 Å². The van der Waals surface area contributed by atoms with Crippen LogP contribution in [0, 0.1) is 11.7 Å². The Labute approximate surface area is 121 Å².